The number of rotatable bonds is 8. The molecular formula is C37H40N2. The van der Waals surface area contributed by atoms with E-state index >= 15 is 0 Å². The second-order valence-corrected chi connectivity index (χ2v) is 11.5. The van der Waals surface area contributed by atoms with E-state index in [2.05, 4.69) is 150 Å². The largest absolute Gasteiger partial charge is 0.372 e. The van der Waals surface area contributed by atoms with Gasteiger partial charge in [-0.2, -0.15) is 0 Å². The summed E-state index contributed by atoms with van der Waals surface area (Å²) in [6, 6.07) is 37.0. The van der Waals surface area contributed by atoms with E-state index in [1.807, 2.05) is 0 Å². The van der Waals surface area contributed by atoms with E-state index in [-0.39, 0.29) is 6.04 Å². The van der Waals surface area contributed by atoms with Crippen LogP contribution in [0.1, 0.15) is 93.3 Å². The zero-order valence-corrected chi connectivity index (χ0v) is 24.1. The zero-order chi connectivity index (χ0) is 27.5. The van der Waals surface area contributed by atoms with Gasteiger partial charge in [0, 0.05) is 11.3 Å². The van der Waals surface area contributed by atoms with Gasteiger partial charge in [-0.25, -0.2) is 0 Å². The SMILES string of the molecule is CC(C)c1ccccc1[C@H](Nc1c(C(C)C)cccc1C(C)C)c1cccc(-c2cccc3ccccc23)n1. The minimum absolute atomic E-state index is 0.0871. The Hall–Kier alpha value is -3.91. The monoisotopic (exact) mass is 512 g/mol. The van der Waals surface area contributed by atoms with E-state index in [1.165, 1.54) is 38.7 Å². The summed E-state index contributed by atoms with van der Waals surface area (Å²) in [7, 11) is 0. The molecular weight excluding hydrogens is 472 g/mol. The summed E-state index contributed by atoms with van der Waals surface area (Å²) in [5.74, 6) is 1.21. The summed E-state index contributed by atoms with van der Waals surface area (Å²) >= 11 is 0. The van der Waals surface area contributed by atoms with Crippen LogP contribution in [-0.2, 0) is 0 Å². The van der Waals surface area contributed by atoms with Crippen molar-refractivity contribution in [2.75, 3.05) is 5.32 Å². The van der Waals surface area contributed by atoms with Crippen LogP contribution in [0.2, 0.25) is 0 Å². The lowest BCUT2D eigenvalue weighted by Crippen LogP contribution is -2.19. The summed E-state index contributed by atoms with van der Waals surface area (Å²) in [4.78, 5) is 5.35. The van der Waals surface area contributed by atoms with Gasteiger partial charge in [0.05, 0.1) is 17.4 Å². The smallest absolute Gasteiger partial charge is 0.0943 e. The number of fused-ring (bicyclic) bond motifs is 1. The van der Waals surface area contributed by atoms with Gasteiger partial charge in [0.15, 0.2) is 0 Å². The van der Waals surface area contributed by atoms with Crippen LogP contribution in [0.25, 0.3) is 22.0 Å². The molecule has 2 nitrogen and oxygen atoms in total. The lowest BCUT2D eigenvalue weighted by molar-refractivity contribution is 0.788. The fourth-order valence-corrected chi connectivity index (χ4v) is 5.68. The molecule has 0 saturated carbocycles. The third-order valence-corrected chi connectivity index (χ3v) is 7.72. The molecule has 2 heteroatoms. The van der Waals surface area contributed by atoms with Gasteiger partial charge in [0.1, 0.15) is 0 Å². The highest BCUT2D eigenvalue weighted by Gasteiger charge is 2.24. The van der Waals surface area contributed by atoms with Crippen LogP contribution < -0.4 is 5.32 Å². The Kier molecular flexibility index (Phi) is 7.84. The Labute approximate surface area is 234 Å². The molecule has 4 aromatic carbocycles. The number of pyridine rings is 1. The summed E-state index contributed by atoms with van der Waals surface area (Å²) in [5, 5.41) is 6.52. The quantitative estimate of drug-likeness (QED) is 0.224. The maximum Gasteiger partial charge on any atom is 0.0943 e. The van der Waals surface area contributed by atoms with Gasteiger partial charge in [0.25, 0.3) is 0 Å². The van der Waals surface area contributed by atoms with Gasteiger partial charge in [0.2, 0.25) is 0 Å². The highest BCUT2D eigenvalue weighted by molar-refractivity contribution is 5.95. The van der Waals surface area contributed by atoms with Crippen LogP contribution in [0, 0.1) is 0 Å². The van der Waals surface area contributed by atoms with Crippen molar-refractivity contribution in [3.63, 3.8) is 0 Å². The molecule has 0 aliphatic carbocycles. The number of aromatic nitrogens is 1. The first-order valence-corrected chi connectivity index (χ1v) is 14.3. The molecule has 5 rings (SSSR count). The molecule has 39 heavy (non-hydrogen) atoms. The van der Waals surface area contributed by atoms with Gasteiger partial charge < -0.3 is 5.32 Å². The molecule has 0 aliphatic rings. The lowest BCUT2D eigenvalue weighted by atomic mass is 9.88. The molecule has 1 N–H and O–H groups in total. The summed E-state index contributed by atoms with van der Waals surface area (Å²) in [6.07, 6.45) is 0. The molecule has 1 atom stereocenters. The molecule has 0 bridgehead atoms. The van der Waals surface area contributed by atoms with Gasteiger partial charge in [-0.05, 0) is 62.9 Å². The van der Waals surface area contributed by atoms with E-state index in [1.54, 1.807) is 0 Å². The molecule has 1 heterocycles. The highest BCUT2D eigenvalue weighted by Crippen LogP contribution is 2.39. The number of hydrogen-bond acceptors (Lipinski definition) is 2. The van der Waals surface area contributed by atoms with Gasteiger partial charge in [-0.15, -0.1) is 0 Å². The molecule has 1 aromatic heterocycles. The van der Waals surface area contributed by atoms with Gasteiger partial charge in [-0.1, -0.05) is 133 Å². The fraction of sp³-hybridized carbons (Fsp3) is 0.270. The van der Waals surface area contributed by atoms with Crippen LogP contribution in [0.15, 0.2) is 103 Å². The van der Waals surface area contributed by atoms with Crippen molar-refractivity contribution < 1.29 is 0 Å². The van der Waals surface area contributed by atoms with Crippen molar-refractivity contribution in [1.29, 1.82) is 0 Å². The van der Waals surface area contributed by atoms with Crippen molar-refractivity contribution in [3.05, 3.63) is 131 Å². The zero-order valence-electron chi connectivity index (χ0n) is 24.1. The third-order valence-electron chi connectivity index (χ3n) is 7.72. The van der Waals surface area contributed by atoms with Crippen molar-refractivity contribution in [2.45, 2.75) is 65.3 Å². The van der Waals surface area contributed by atoms with Crippen LogP contribution in [-0.4, -0.2) is 4.98 Å². The van der Waals surface area contributed by atoms with Crippen LogP contribution in [0.3, 0.4) is 0 Å². The van der Waals surface area contributed by atoms with Crippen LogP contribution in [0.4, 0.5) is 5.69 Å². The number of hydrogen-bond donors (Lipinski definition) is 1. The van der Waals surface area contributed by atoms with Gasteiger partial charge in [-0.3, -0.25) is 4.98 Å². The molecule has 5 aromatic rings. The minimum Gasteiger partial charge on any atom is -0.372 e. The fourth-order valence-electron chi connectivity index (χ4n) is 5.68. The average molecular weight is 513 g/mol. The standard InChI is InChI=1S/C37H40N2/c1-24(2)28-16-9-10-18-33(28)37(39-36-29(25(3)4)19-12-20-30(36)26(5)6)35-23-13-22-34(38-35)32-21-11-15-27-14-7-8-17-31(27)32/h7-26,37,39H,1-6H3/t37-/m0/s1. The normalized spacial score (nSPS) is 12.4. The van der Waals surface area contributed by atoms with Crippen molar-refractivity contribution >= 4 is 16.5 Å². The Bertz CT molecular complexity index is 1550. The Morgan fingerprint density at radius 3 is 1.74 bits per heavy atom. The van der Waals surface area contributed by atoms with E-state index < -0.39 is 0 Å². The predicted octanol–water partition coefficient (Wildman–Crippen LogP) is 10.5. The first-order chi connectivity index (χ1) is 18.8. The number of nitrogens with zero attached hydrogens (tertiary/aromatic N) is 1. The van der Waals surface area contributed by atoms with Crippen molar-refractivity contribution in [3.8, 4) is 11.3 Å². The summed E-state index contributed by atoms with van der Waals surface area (Å²) in [6.45, 7) is 13.7. The minimum atomic E-state index is -0.0871. The molecule has 0 fully saturated rings. The second-order valence-electron chi connectivity index (χ2n) is 11.5. The van der Waals surface area contributed by atoms with E-state index in [4.69, 9.17) is 4.98 Å². The Morgan fingerprint density at radius 1 is 0.513 bits per heavy atom. The summed E-state index contributed by atoms with van der Waals surface area (Å²) < 4.78 is 0. The number of benzene rings is 4. The van der Waals surface area contributed by atoms with Crippen molar-refractivity contribution in [1.82, 2.24) is 4.98 Å². The van der Waals surface area contributed by atoms with Crippen molar-refractivity contribution in [2.24, 2.45) is 0 Å². The maximum absolute atomic E-state index is 5.35. The topological polar surface area (TPSA) is 24.9 Å². The van der Waals surface area contributed by atoms with Gasteiger partial charge >= 0.3 is 0 Å². The molecule has 0 aliphatic heterocycles. The molecule has 0 radical (unpaired) electrons. The molecule has 0 saturated heterocycles. The maximum atomic E-state index is 5.35. The summed E-state index contributed by atoms with van der Waals surface area (Å²) in [5.41, 5.74) is 9.75. The number of nitrogens with one attached hydrogen (secondary N) is 1. The molecule has 0 spiro atoms. The second kappa shape index (κ2) is 11.5. The Morgan fingerprint density at radius 2 is 1.05 bits per heavy atom. The predicted molar refractivity (Wildman–Crippen MR) is 168 cm³/mol. The van der Waals surface area contributed by atoms with E-state index in [0.29, 0.717) is 17.8 Å². The first kappa shape index (κ1) is 26.7. The number of anilines is 1. The first-order valence-electron chi connectivity index (χ1n) is 14.3. The van der Waals surface area contributed by atoms with E-state index in [9.17, 15) is 0 Å². The molecule has 0 amide bonds. The highest BCUT2D eigenvalue weighted by atomic mass is 15.0. The number of para-hydroxylation sites is 1. The van der Waals surface area contributed by atoms with Crippen LogP contribution >= 0.6 is 0 Å². The van der Waals surface area contributed by atoms with Crippen LogP contribution in [0.5, 0.6) is 0 Å². The Balaban J connectivity index is 1.71. The molecule has 198 valence electrons. The average Bonchev–Trinajstić information content (AvgIpc) is 2.95. The lowest BCUT2D eigenvalue weighted by Gasteiger charge is -2.29. The molecule has 0 unspecified atom stereocenters. The van der Waals surface area contributed by atoms with E-state index in [0.717, 1.165) is 17.0 Å². The third kappa shape index (κ3) is 5.47.